The number of ether oxygens (including phenoxy) is 1. The minimum absolute atomic E-state index is 0.338. The Labute approximate surface area is 144 Å². The minimum Gasteiger partial charge on any atom is -0.381 e. The Morgan fingerprint density at radius 2 is 1.67 bits per heavy atom. The standard InChI is InChI=1S/C20H28N2O2/c23-19(22-10-6-16-14-21-15-17(16)7-11-22)20(8-12-24-13-9-20)18-4-2-1-3-5-18/h1-5,16-17,21H,6-15H2/t16-,17+. The highest BCUT2D eigenvalue weighted by atomic mass is 16.5. The van der Waals surface area contributed by atoms with E-state index in [-0.39, 0.29) is 5.41 Å². The molecule has 0 radical (unpaired) electrons. The number of nitrogens with one attached hydrogen (secondary N) is 1. The molecule has 2 atom stereocenters. The number of likely N-dealkylation sites (tertiary alicyclic amines) is 1. The summed E-state index contributed by atoms with van der Waals surface area (Å²) in [7, 11) is 0. The van der Waals surface area contributed by atoms with E-state index in [0.29, 0.717) is 19.1 Å². The molecule has 1 amide bonds. The Morgan fingerprint density at radius 1 is 1.04 bits per heavy atom. The van der Waals surface area contributed by atoms with Crippen LogP contribution in [0.1, 0.15) is 31.2 Å². The zero-order valence-electron chi connectivity index (χ0n) is 14.4. The predicted molar refractivity (Wildman–Crippen MR) is 93.8 cm³/mol. The number of fused-ring (bicyclic) bond motifs is 1. The van der Waals surface area contributed by atoms with Crippen molar-refractivity contribution >= 4 is 5.91 Å². The zero-order chi connectivity index (χ0) is 16.4. The van der Waals surface area contributed by atoms with Crippen molar-refractivity contribution < 1.29 is 9.53 Å². The van der Waals surface area contributed by atoms with Gasteiger partial charge in [0.15, 0.2) is 0 Å². The van der Waals surface area contributed by atoms with E-state index < -0.39 is 0 Å². The van der Waals surface area contributed by atoms with Gasteiger partial charge in [-0.15, -0.1) is 0 Å². The second-order valence-electron chi connectivity index (χ2n) is 7.61. The second kappa shape index (κ2) is 6.85. The molecule has 3 saturated heterocycles. The Bertz CT molecular complexity index is 554. The lowest BCUT2D eigenvalue weighted by atomic mass is 9.73. The van der Waals surface area contributed by atoms with Gasteiger partial charge in [-0.2, -0.15) is 0 Å². The quantitative estimate of drug-likeness (QED) is 0.905. The second-order valence-corrected chi connectivity index (χ2v) is 7.61. The number of carbonyl (C=O) groups excluding carboxylic acids is 1. The molecule has 0 unspecified atom stereocenters. The summed E-state index contributed by atoms with van der Waals surface area (Å²) >= 11 is 0. The van der Waals surface area contributed by atoms with Crippen LogP contribution in [0, 0.1) is 11.8 Å². The number of amides is 1. The normalized spacial score (nSPS) is 29.8. The van der Waals surface area contributed by atoms with E-state index >= 15 is 0 Å². The third-order valence-electron chi connectivity index (χ3n) is 6.39. The summed E-state index contributed by atoms with van der Waals surface area (Å²) in [4.78, 5) is 15.8. The summed E-state index contributed by atoms with van der Waals surface area (Å²) in [5, 5.41) is 3.51. The molecule has 1 aromatic carbocycles. The van der Waals surface area contributed by atoms with Crippen molar-refractivity contribution in [3.05, 3.63) is 35.9 Å². The molecule has 0 bridgehead atoms. The topological polar surface area (TPSA) is 41.6 Å². The fourth-order valence-electron chi connectivity index (χ4n) is 4.83. The van der Waals surface area contributed by atoms with Gasteiger partial charge in [0.05, 0.1) is 5.41 Å². The van der Waals surface area contributed by atoms with Crippen LogP contribution in [0.2, 0.25) is 0 Å². The first-order valence-electron chi connectivity index (χ1n) is 9.43. The van der Waals surface area contributed by atoms with Crippen LogP contribution in [0.3, 0.4) is 0 Å². The highest BCUT2D eigenvalue weighted by molar-refractivity contribution is 5.88. The van der Waals surface area contributed by atoms with E-state index in [9.17, 15) is 4.79 Å². The van der Waals surface area contributed by atoms with Crippen LogP contribution in [0.25, 0.3) is 0 Å². The van der Waals surface area contributed by atoms with Crippen LogP contribution >= 0.6 is 0 Å². The van der Waals surface area contributed by atoms with Crippen molar-refractivity contribution in [2.24, 2.45) is 11.8 Å². The van der Waals surface area contributed by atoms with Gasteiger partial charge in [0.25, 0.3) is 0 Å². The van der Waals surface area contributed by atoms with Gasteiger partial charge in [0.1, 0.15) is 0 Å². The van der Waals surface area contributed by atoms with Crippen LogP contribution < -0.4 is 5.32 Å². The van der Waals surface area contributed by atoms with Gasteiger partial charge in [-0.25, -0.2) is 0 Å². The molecule has 0 aromatic heterocycles. The Morgan fingerprint density at radius 3 is 2.29 bits per heavy atom. The largest absolute Gasteiger partial charge is 0.381 e. The molecule has 4 heteroatoms. The third-order valence-corrected chi connectivity index (χ3v) is 6.39. The van der Waals surface area contributed by atoms with Crippen molar-refractivity contribution in [3.8, 4) is 0 Å². The molecule has 0 spiro atoms. The molecule has 3 heterocycles. The van der Waals surface area contributed by atoms with Crippen LogP contribution in [0.4, 0.5) is 0 Å². The Hall–Kier alpha value is -1.39. The summed E-state index contributed by atoms with van der Waals surface area (Å²) < 4.78 is 5.59. The lowest BCUT2D eigenvalue weighted by molar-refractivity contribution is -0.141. The summed E-state index contributed by atoms with van der Waals surface area (Å²) in [6.07, 6.45) is 3.90. The molecular formula is C20H28N2O2. The number of hydrogen-bond donors (Lipinski definition) is 1. The van der Waals surface area contributed by atoms with E-state index in [2.05, 4.69) is 34.5 Å². The molecule has 0 saturated carbocycles. The Balaban J connectivity index is 1.57. The van der Waals surface area contributed by atoms with Gasteiger partial charge < -0.3 is 15.0 Å². The number of benzene rings is 1. The fourth-order valence-corrected chi connectivity index (χ4v) is 4.83. The summed E-state index contributed by atoms with van der Waals surface area (Å²) in [6.45, 7) is 5.45. The predicted octanol–water partition coefficient (Wildman–Crippen LogP) is 2.19. The SMILES string of the molecule is O=C(N1CC[C@@H]2CNC[C@@H]2CC1)C1(c2ccccc2)CCOCC1. The third kappa shape index (κ3) is 2.86. The molecule has 24 heavy (non-hydrogen) atoms. The molecular weight excluding hydrogens is 300 g/mol. The van der Waals surface area contributed by atoms with Gasteiger partial charge in [0, 0.05) is 26.3 Å². The van der Waals surface area contributed by atoms with Crippen LogP contribution in [0.15, 0.2) is 30.3 Å². The van der Waals surface area contributed by atoms with Gasteiger partial charge in [-0.3, -0.25) is 4.79 Å². The molecule has 0 aliphatic carbocycles. The number of nitrogens with zero attached hydrogens (tertiary/aromatic N) is 1. The molecule has 3 aliphatic rings. The molecule has 1 N–H and O–H groups in total. The summed E-state index contributed by atoms with van der Waals surface area (Å²) in [6, 6.07) is 10.4. The lowest BCUT2D eigenvalue weighted by Gasteiger charge is -2.40. The van der Waals surface area contributed by atoms with Crippen molar-refractivity contribution in [3.63, 3.8) is 0 Å². The monoisotopic (exact) mass is 328 g/mol. The lowest BCUT2D eigenvalue weighted by Crippen LogP contribution is -2.50. The number of carbonyl (C=O) groups is 1. The van der Waals surface area contributed by atoms with E-state index in [0.717, 1.165) is 63.7 Å². The molecule has 3 aliphatic heterocycles. The van der Waals surface area contributed by atoms with Crippen molar-refractivity contribution in [2.45, 2.75) is 31.1 Å². The molecule has 4 rings (SSSR count). The van der Waals surface area contributed by atoms with E-state index in [1.165, 1.54) is 5.56 Å². The van der Waals surface area contributed by atoms with E-state index in [4.69, 9.17) is 4.74 Å². The van der Waals surface area contributed by atoms with Crippen molar-refractivity contribution in [1.29, 1.82) is 0 Å². The zero-order valence-corrected chi connectivity index (χ0v) is 14.4. The summed E-state index contributed by atoms with van der Waals surface area (Å²) in [5.41, 5.74) is 0.793. The smallest absolute Gasteiger partial charge is 0.233 e. The van der Waals surface area contributed by atoms with E-state index in [1.807, 2.05) is 6.07 Å². The van der Waals surface area contributed by atoms with Crippen molar-refractivity contribution in [2.75, 3.05) is 39.4 Å². The maximum absolute atomic E-state index is 13.6. The Kier molecular flexibility index (Phi) is 4.59. The average molecular weight is 328 g/mol. The van der Waals surface area contributed by atoms with Crippen LogP contribution in [-0.4, -0.2) is 50.2 Å². The maximum atomic E-state index is 13.6. The van der Waals surface area contributed by atoms with Gasteiger partial charge in [-0.05, 0) is 56.2 Å². The molecule has 3 fully saturated rings. The first-order valence-corrected chi connectivity index (χ1v) is 9.43. The van der Waals surface area contributed by atoms with Gasteiger partial charge >= 0.3 is 0 Å². The van der Waals surface area contributed by atoms with Crippen molar-refractivity contribution in [1.82, 2.24) is 10.2 Å². The first-order chi connectivity index (χ1) is 11.8. The highest BCUT2D eigenvalue weighted by Crippen LogP contribution is 2.38. The van der Waals surface area contributed by atoms with Crippen LogP contribution in [-0.2, 0) is 14.9 Å². The minimum atomic E-state index is -0.378. The fraction of sp³-hybridized carbons (Fsp3) is 0.650. The molecule has 4 nitrogen and oxygen atoms in total. The molecule has 130 valence electrons. The van der Waals surface area contributed by atoms with Crippen LogP contribution in [0.5, 0.6) is 0 Å². The maximum Gasteiger partial charge on any atom is 0.233 e. The van der Waals surface area contributed by atoms with E-state index in [1.54, 1.807) is 0 Å². The molecule has 1 aromatic rings. The highest BCUT2D eigenvalue weighted by Gasteiger charge is 2.44. The van der Waals surface area contributed by atoms with Gasteiger partial charge in [0.2, 0.25) is 5.91 Å². The average Bonchev–Trinajstić information content (AvgIpc) is 3.01. The number of hydrogen-bond acceptors (Lipinski definition) is 3. The first kappa shape index (κ1) is 16.1. The van der Waals surface area contributed by atoms with Gasteiger partial charge in [-0.1, -0.05) is 30.3 Å². The summed E-state index contributed by atoms with van der Waals surface area (Å²) in [5.74, 6) is 1.85. The number of rotatable bonds is 2.